The number of aliphatic hydroxyl groups excluding tert-OH is 1. The highest BCUT2D eigenvalue weighted by molar-refractivity contribution is 6.14. The standard InChI is InChI=1S/C20H14F4O2/c21-16-3-1-11(7-18(16)23)5-13-9-15(25)10-14(20(13)26)6-12-2-4-17(22)19(24)8-12/h1-8,15,25H,9-10H2/b13-5+,14-6+. The zero-order valence-corrected chi connectivity index (χ0v) is 13.5. The molecule has 2 aromatic rings. The van der Waals surface area contributed by atoms with Crippen LogP contribution in [0.2, 0.25) is 0 Å². The minimum absolute atomic E-state index is 0.0624. The lowest BCUT2D eigenvalue weighted by Crippen LogP contribution is -2.23. The maximum absolute atomic E-state index is 13.3. The van der Waals surface area contributed by atoms with Gasteiger partial charge in [0.1, 0.15) is 0 Å². The van der Waals surface area contributed by atoms with E-state index >= 15 is 0 Å². The van der Waals surface area contributed by atoms with Gasteiger partial charge in [0, 0.05) is 24.0 Å². The normalized spacial score (nSPS) is 20.8. The summed E-state index contributed by atoms with van der Waals surface area (Å²) < 4.78 is 52.7. The molecule has 1 N–H and O–H groups in total. The quantitative estimate of drug-likeness (QED) is 0.634. The van der Waals surface area contributed by atoms with Crippen LogP contribution in [0.5, 0.6) is 0 Å². The van der Waals surface area contributed by atoms with Crippen LogP contribution in [0.4, 0.5) is 17.6 Å². The van der Waals surface area contributed by atoms with E-state index in [-0.39, 0.29) is 40.9 Å². The molecule has 0 heterocycles. The molecule has 0 bridgehead atoms. The number of aliphatic hydroxyl groups is 1. The van der Waals surface area contributed by atoms with Gasteiger partial charge in [0.2, 0.25) is 0 Å². The molecule has 2 nitrogen and oxygen atoms in total. The average Bonchev–Trinajstić information content (AvgIpc) is 2.58. The molecule has 2 aromatic carbocycles. The molecule has 0 atom stereocenters. The Morgan fingerprint density at radius 1 is 0.769 bits per heavy atom. The molecule has 26 heavy (non-hydrogen) atoms. The minimum Gasteiger partial charge on any atom is -0.392 e. The number of carbonyl (C=O) groups excluding carboxylic acids is 1. The third-order valence-corrected chi connectivity index (χ3v) is 4.06. The van der Waals surface area contributed by atoms with Gasteiger partial charge in [-0.2, -0.15) is 0 Å². The molecule has 0 aliphatic heterocycles. The summed E-state index contributed by atoms with van der Waals surface area (Å²) >= 11 is 0. The highest BCUT2D eigenvalue weighted by Crippen LogP contribution is 2.29. The molecule has 0 aromatic heterocycles. The van der Waals surface area contributed by atoms with Gasteiger partial charge in [-0.1, -0.05) is 12.1 Å². The zero-order valence-electron chi connectivity index (χ0n) is 13.5. The first-order chi connectivity index (χ1) is 12.3. The summed E-state index contributed by atoms with van der Waals surface area (Å²) in [7, 11) is 0. The van der Waals surface area contributed by atoms with Crippen LogP contribution in [0.25, 0.3) is 12.2 Å². The van der Waals surface area contributed by atoms with Crippen molar-refractivity contribution in [3.05, 3.63) is 81.9 Å². The molecule has 1 aliphatic carbocycles. The lowest BCUT2D eigenvalue weighted by molar-refractivity contribution is -0.113. The fourth-order valence-corrected chi connectivity index (χ4v) is 2.83. The number of benzene rings is 2. The van der Waals surface area contributed by atoms with Crippen molar-refractivity contribution in [2.45, 2.75) is 18.9 Å². The number of halogens is 4. The number of rotatable bonds is 2. The van der Waals surface area contributed by atoms with Crippen LogP contribution < -0.4 is 0 Å². The predicted molar refractivity (Wildman–Crippen MR) is 88.9 cm³/mol. The van der Waals surface area contributed by atoms with Crippen molar-refractivity contribution >= 4 is 17.9 Å². The molecule has 134 valence electrons. The summed E-state index contributed by atoms with van der Waals surface area (Å²) in [5.74, 6) is -4.46. The summed E-state index contributed by atoms with van der Waals surface area (Å²) in [5, 5.41) is 10.0. The zero-order chi connectivity index (χ0) is 18.8. The number of ketones is 1. The van der Waals surface area contributed by atoms with E-state index in [9.17, 15) is 27.5 Å². The van der Waals surface area contributed by atoms with Gasteiger partial charge in [0.15, 0.2) is 29.1 Å². The van der Waals surface area contributed by atoms with Gasteiger partial charge in [-0.15, -0.1) is 0 Å². The highest BCUT2D eigenvalue weighted by Gasteiger charge is 2.26. The Hall–Kier alpha value is -2.73. The lowest BCUT2D eigenvalue weighted by Gasteiger charge is -2.21. The third-order valence-electron chi connectivity index (χ3n) is 4.06. The number of hydrogen-bond acceptors (Lipinski definition) is 2. The Bertz CT molecular complexity index is 858. The summed E-state index contributed by atoms with van der Waals surface area (Å²) in [5.41, 5.74) is 1.02. The van der Waals surface area contributed by atoms with E-state index in [0.29, 0.717) is 0 Å². The van der Waals surface area contributed by atoms with Crippen LogP contribution in [-0.2, 0) is 4.79 Å². The van der Waals surface area contributed by atoms with E-state index in [4.69, 9.17) is 0 Å². The van der Waals surface area contributed by atoms with Crippen molar-refractivity contribution in [2.75, 3.05) is 0 Å². The maximum atomic E-state index is 13.3. The first-order valence-electron chi connectivity index (χ1n) is 7.87. The summed E-state index contributed by atoms with van der Waals surface area (Å²) in [6, 6.07) is 6.44. The van der Waals surface area contributed by atoms with Crippen molar-refractivity contribution in [3.63, 3.8) is 0 Å². The molecule has 1 fully saturated rings. The van der Waals surface area contributed by atoms with E-state index in [2.05, 4.69) is 0 Å². The topological polar surface area (TPSA) is 37.3 Å². The Morgan fingerprint density at radius 2 is 1.19 bits per heavy atom. The summed E-state index contributed by atoms with van der Waals surface area (Å²) in [6.45, 7) is 0. The molecule has 0 saturated heterocycles. The van der Waals surface area contributed by atoms with Gasteiger partial charge in [-0.3, -0.25) is 4.79 Å². The SMILES string of the molecule is O=C1/C(=C/c2ccc(F)c(F)c2)CC(O)C/C1=C\c1ccc(F)c(F)c1. The minimum atomic E-state index is -1.04. The van der Waals surface area contributed by atoms with Crippen molar-refractivity contribution in [1.29, 1.82) is 0 Å². The van der Waals surface area contributed by atoms with Crippen LogP contribution in [0.15, 0.2) is 47.5 Å². The van der Waals surface area contributed by atoms with E-state index < -0.39 is 29.4 Å². The van der Waals surface area contributed by atoms with E-state index in [1.165, 1.54) is 24.3 Å². The van der Waals surface area contributed by atoms with Gasteiger partial charge >= 0.3 is 0 Å². The van der Waals surface area contributed by atoms with Crippen molar-refractivity contribution < 1.29 is 27.5 Å². The molecule has 0 spiro atoms. The third kappa shape index (κ3) is 3.91. The molecular formula is C20H14F4O2. The van der Waals surface area contributed by atoms with E-state index in [1.807, 2.05) is 0 Å². The van der Waals surface area contributed by atoms with Gasteiger partial charge < -0.3 is 5.11 Å². The van der Waals surface area contributed by atoms with Gasteiger partial charge in [0.25, 0.3) is 0 Å². The van der Waals surface area contributed by atoms with Gasteiger partial charge in [-0.05, 0) is 47.5 Å². The number of Topliss-reactive ketones (excluding diaryl/α,β-unsaturated/α-hetero) is 1. The van der Waals surface area contributed by atoms with Gasteiger partial charge in [0.05, 0.1) is 6.10 Å². The fourth-order valence-electron chi connectivity index (χ4n) is 2.83. The maximum Gasteiger partial charge on any atom is 0.185 e. The van der Waals surface area contributed by atoms with Gasteiger partial charge in [-0.25, -0.2) is 17.6 Å². The molecule has 0 amide bonds. The summed E-state index contributed by atoms with van der Waals surface area (Å²) in [6.07, 6.45) is 2.04. The van der Waals surface area contributed by atoms with Crippen molar-refractivity contribution in [3.8, 4) is 0 Å². The molecule has 1 saturated carbocycles. The Labute approximate surface area is 147 Å². The first kappa shape index (κ1) is 18.1. The number of hydrogen-bond donors (Lipinski definition) is 1. The smallest absolute Gasteiger partial charge is 0.185 e. The van der Waals surface area contributed by atoms with Crippen molar-refractivity contribution in [1.82, 2.24) is 0 Å². The molecule has 3 rings (SSSR count). The molecule has 6 heteroatoms. The van der Waals surface area contributed by atoms with Crippen LogP contribution in [0.1, 0.15) is 24.0 Å². The Morgan fingerprint density at radius 3 is 1.58 bits per heavy atom. The summed E-state index contributed by atoms with van der Waals surface area (Å²) in [4.78, 5) is 12.6. The lowest BCUT2D eigenvalue weighted by atomic mass is 9.85. The predicted octanol–water partition coefficient (Wildman–Crippen LogP) is 4.43. The Balaban J connectivity index is 1.94. The van der Waals surface area contributed by atoms with Crippen LogP contribution in [0.3, 0.4) is 0 Å². The molecule has 0 unspecified atom stereocenters. The first-order valence-corrected chi connectivity index (χ1v) is 7.87. The second-order valence-corrected chi connectivity index (χ2v) is 6.08. The largest absolute Gasteiger partial charge is 0.392 e. The van der Waals surface area contributed by atoms with Crippen molar-refractivity contribution in [2.24, 2.45) is 0 Å². The second-order valence-electron chi connectivity index (χ2n) is 6.08. The second kappa shape index (κ2) is 7.25. The average molecular weight is 362 g/mol. The number of carbonyl (C=O) groups is 1. The van der Waals surface area contributed by atoms with E-state index in [0.717, 1.165) is 24.3 Å². The highest BCUT2D eigenvalue weighted by atomic mass is 19.2. The van der Waals surface area contributed by atoms with E-state index in [1.54, 1.807) is 0 Å². The monoisotopic (exact) mass is 362 g/mol. The molecule has 1 aliphatic rings. The molecular weight excluding hydrogens is 348 g/mol. The van der Waals surface area contributed by atoms with Crippen LogP contribution in [0, 0.1) is 23.3 Å². The fraction of sp³-hybridized carbons (Fsp3) is 0.150. The molecule has 0 radical (unpaired) electrons. The Kier molecular flexibility index (Phi) is 5.04. The van der Waals surface area contributed by atoms with Crippen LogP contribution in [-0.4, -0.2) is 17.0 Å². The van der Waals surface area contributed by atoms with Crippen LogP contribution >= 0.6 is 0 Å².